The zero-order valence-electron chi connectivity index (χ0n) is 8.80. The van der Waals surface area contributed by atoms with Crippen LogP contribution in [0.1, 0.15) is 25.7 Å². The van der Waals surface area contributed by atoms with Crippen LogP contribution in [0.4, 0.5) is 0 Å². The summed E-state index contributed by atoms with van der Waals surface area (Å²) in [5.41, 5.74) is 3.67. The van der Waals surface area contributed by atoms with Gasteiger partial charge in [-0.15, -0.1) is 0 Å². The lowest BCUT2D eigenvalue weighted by Crippen LogP contribution is -2.49. The van der Waals surface area contributed by atoms with Gasteiger partial charge in [-0.2, -0.15) is 0 Å². The van der Waals surface area contributed by atoms with Crippen LogP contribution in [0.2, 0.25) is 6.32 Å². The van der Waals surface area contributed by atoms with Crippen molar-refractivity contribution in [2.24, 2.45) is 5.73 Å². The van der Waals surface area contributed by atoms with Crippen molar-refractivity contribution in [3.05, 3.63) is 0 Å². The van der Waals surface area contributed by atoms with Gasteiger partial charge in [0.15, 0.2) is 0 Å². The van der Waals surface area contributed by atoms with E-state index in [1.165, 1.54) is 0 Å². The van der Waals surface area contributed by atoms with Crippen LogP contribution in [0, 0.1) is 0 Å². The van der Waals surface area contributed by atoms with Gasteiger partial charge in [0.2, 0.25) is 0 Å². The van der Waals surface area contributed by atoms with E-state index in [1.807, 2.05) is 0 Å². The zero-order chi connectivity index (χ0) is 12.8. The minimum absolute atomic E-state index is 0.0125. The van der Waals surface area contributed by atoms with Crippen molar-refractivity contribution < 1.29 is 29.9 Å². The van der Waals surface area contributed by atoms with Gasteiger partial charge in [-0.3, -0.25) is 9.59 Å². The molecular formula is C8H16BNO6. The first-order valence-corrected chi connectivity index (χ1v) is 4.88. The highest BCUT2D eigenvalue weighted by atomic mass is 16.4. The molecule has 0 aromatic heterocycles. The monoisotopic (exact) mass is 233 g/mol. The fourth-order valence-electron chi connectivity index (χ4n) is 1.31. The lowest BCUT2D eigenvalue weighted by atomic mass is 9.81. The molecule has 7 nitrogen and oxygen atoms in total. The van der Waals surface area contributed by atoms with Gasteiger partial charge in [-0.1, -0.05) is 12.8 Å². The van der Waals surface area contributed by atoms with Crippen molar-refractivity contribution in [1.29, 1.82) is 0 Å². The predicted molar refractivity (Wildman–Crippen MR) is 55.7 cm³/mol. The van der Waals surface area contributed by atoms with Crippen molar-refractivity contribution in [3.8, 4) is 0 Å². The van der Waals surface area contributed by atoms with E-state index in [9.17, 15) is 9.59 Å². The standard InChI is InChI=1S/C8H16BNO6/c10-8(7(13)14,5-6(11)12)3-1-2-4-9(15)16/h15-16H,1-5,10H2,(H,11,12)(H,13,14). The molecule has 16 heavy (non-hydrogen) atoms. The van der Waals surface area contributed by atoms with Gasteiger partial charge in [-0.25, -0.2) is 0 Å². The summed E-state index contributed by atoms with van der Waals surface area (Å²) in [7, 11) is -1.43. The maximum absolute atomic E-state index is 10.8. The molecule has 0 bridgehead atoms. The Labute approximate surface area is 93.0 Å². The lowest BCUT2D eigenvalue weighted by molar-refractivity contribution is -0.150. The number of hydrogen-bond acceptors (Lipinski definition) is 5. The number of aliphatic carboxylic acids is 2. The van der Waals surface area contributed by atoms with Crippen LogP contribution in [0.5, 0.6) is 0 Å². The summed E-state index contributed by atoms with van der Waals surface area (Å²) in [5.74, 6) is -2.63. The van der Waals surface area contributed by atoms with Crippen LogP contribution in [-0.4, -0.2) is 44.9 Å². The van der Waals surface area contributed by atoms with Crippen LogP contribution in [-0.2, 0) is 9.59 Å². The average Bonchev–Trinajstić information content (AvgIpc) is 2.10. The minimum Gasteiger partial charge on any atom is -0.481 e. The highest BCUT2D eigenvalue weighted by molar-refractivity contribution is 6.40. The minimum atomic E-state index is -1.79. The quantitative estimate of drug-likeness (QED) is 0.264. The van der Waals surface area contributed by atoms with E-state index in [1.54, 1.807) is 0 Å². The summed E-state index contributed by atoms with van der Waals surface area (Å²) >= 11 is 0. The molecule has 1 unspecified atom stereocenters. The molecule has 92 valence electrons. The molecule has 0 aromatic carbocycles. The summed E-state index contributed by atoms with van der Waals surface area (Å²) in [6.45, 7) is 0. The van der Waals surface area contributed by atoms with E-state index < -0.39 is 31.0 Å². The van der Waals surface area contributed by atoms with E-state index in [0.29, 0.717) is 12.8 Å². The van der Waals surface area contributed by atoms with E-state index in [4.69, 9.17) is 26.0 Å². The molecule has 0 amide bonds. The topological polar surface area (TPSA) is 141 Å². The molecule has 0 fully saturated rings. The Kier molecular flexibility index (Phi) is 6.01. The first-order chi connectivity index (χ1) is 7.28. The van der Waals surface area contributed by atoms with E-state index in [0.717, 1.165) is 0 Å². The van der Waals surface area contributed by atoms with Gasteiger partial charge in [-0.05, 0) is 12.7 Å². The van der Waals surface area contributed by atoms with Gasteiger partial charge in [0, 0.05) is 0 Å². The Morgan fingerprint density at radius 2 is 1.75 bits per heavy atom. The van der Waals surface area contributed by atoms with Crippen molar-refractivity contribution >= 4 is 19.1 Å². The SMILES string of the molecule is NC(CCCCB(O)O)(CC(=O)O)C(=O)O. The third kappa shape index (κ3) is 5.69. The largest absolute Gasteiger partial charge is 0.481 e. The van der Waals surface area contributed by atoms with Gasteiger partial charge < -0.3 is 26.0 Å². The number of rotatable bonds is 8. The summed E-state index contributed by atoms with van der Waals surface area (Å²) in [6.07, 6.45) is 0.158. The number of carbonyl (C=O) groups is 2. The molecule has 0 saturated heterocycles. The fraction of sp³-hybridized carbons (Fsp3) is 0.750. The Hall–Kier alpha value is -1.12. The zero-order valence-corrected chi connectivity index (χ0v) is 8.80. The Morgan fingerprint density at radius 3 is 2.12 bits per heavy atom. The molecule has 0 saturated carbocycles. The highest BCUT2D eigenvalue weighted by Crippen LogP contribution is 2.17. The first-order valence-electron chi connectivity index (χ1n) is 4.88. The second-order valence-electron chi connectivity index (χ2n) is 3.76. The van der Waals surface area contributed by atoms with Crippen LogP contribution in [0.25, 0.3) is 0 Å². The maximum Gasteiger partial charge on any atom is 0.451 e. The van der Waals surface area contributed by atoms with Crippen LogP contribution in [0.15, 0.2) is 0 Å². The number of carboxylic acid groups (broad SMARTS) is 2. The molecule has 0 rings (SSSR count). The number of carboxylic acids is 2. The summed E-state index contributed by atoms with van der Waals surface area (Å²) in [6, 6.07) is 0. The molecule has 0 aliphatic carbocycles. The lowest BCUT2D eigenvalue weighted by Gasteiger charge is -2.22. The highest BCUT2D eigenvalue weighted by Gasteiger charge is 2.35. The average molecular weight is 233 g/mol. The third-order valence-corrected chi connectivity index (χ3v) is 2.23. The van der Waals surface area contributed by atoms with E-state index in [-0.39, 0.29) is 12.7 Å². The second kappa shape index (κ2) is 6.46. The fourth-order valence-corrected chi connectivity index (χ4v) is 1.31. The Bertz CT molecular complexity index is 259. The molecular weight excluding hydrogens is 217 g/mol. The van der Waals surface area contributed by atoms with Gasteiger partial charge in [0.25, 0.3) is 0 Å². The number of nitrogens with two attached hydrogens (primary N) is 1. The first kappa shape index (κ1) is 14.9. The molecule has 1 atom stereocenters. The molecule has 6 N–H and O–H groups in total. The molecule has 0 aliphatic rings. The smallest absolute Gasteiger partial charge is 0.451 e. The molecule has 0 heterocycles. The van der Waals surface area contributed by atoms with Gasteiger partial charge in [0.05, 0.1) is 6.42 Å². The maximum atomic E-state index is 10.8. The molecule has 0 aliphatic heterocycles. The summed E-state index contributed by atoms with van der Waals surface area (Å²) in [5, 5.41) is 34.4. The third-order valence-electron chi connectivity index (χ3n) is 2.23. The normalized spacial score (nSPS) is 14.2. The van der Waals surface area contributed by atoms with Crippen molar-refractivity contribution in [1.82, 2.24) is 0 Å². The molecule has 0 spiro atoms. The van der Waals surface area contributed by atoms with Gasteiger partial charge in [0.1, 0.15) is 5.54 Å². The van der Waals surface area contributed by atoms with Gasteiger partial charge >= 0.3 is 19.1 Å². The Balaban J connectivity index is 4.13. The summed E-state index contributed by atoms with van der Waals surface area (Å²) in [4.78, 5) is 21.2. The van der Waals surface area contributed by atoms with Crippen LogP contribution < -0.4 is 5.73 Å². The summed E-state index contributed by atoms with van der Waals surface area (Å²) < 4.78 is 0. The van der Waals surface area contributed by atoms with Crippen molar-refractivity contribution in [3.63, 3.8) is 0 Å². The predicted octanol–water partition coefficient (Wildman–Crippen LogP) is -1.11. The van der Waals surface area contributed by atoms with Crippen LogP contribution >= 0.6 is 0 Å². The van der Waals surface area contributed by atoms with E-state index >= 15 is 0 Å². The molecule has 0 aromatic rings. The second-order valence-corrected chi connectivity index (χ2v) is 3.76. The Morgan fingerprint density at radius 1 is 1.19 bits per heavy atom. The number of unbranched alkanes of at least 4 members (excludes halogenated alkanes) is 1. The molecule has 8 heteroatoms. The van der Waals surface area contributed by atoms with E-state index in [2.05, 4.69) is 0 Å². The van der Waals surface area contributed by atoms with Crippen LogP contribution in [0.3, 0.4) is 0 Å². The van der Waals surface area contributed by atoms with Crippen molar-refractivity contribution in [2.45, 2.75) is 37.5 Å². The number of hydrogen-bond donors (Lipinski definition) is 5. The van der Waals surface area contributed by atoms with Crippen molar-refractivity contribution in [2.75, 3.05) is 0 Å². The molecule has 0 radical (unpaired) electrons.